The number of aromatic hydroxyl groups is 1. The Bertz CT molecular complexity index is 338. The van der Waals surface area contributed by atoms with E-state index in [9.17, 15) is 4.79 Å². The fourth-order valence-electron chi connectivity index (χ4n) is 0.782. The molecular weight excluding hydrogens is 226 g/mol. The summed E-state index contributed by atoms with van der Waals surface area (Å²) >= 11 is 2.98. The zero-order chi connectivity index (χ0) is 9.30. The molecule has 4 nitrogen and oxygen atoms in total. The van der Waals surface area contributed by atoms with Gasteiger partial charge >= 0.3 is 5.97 Å². The van der Waals surface area contributed by atoms with Crippen LogP contribution in [0.25, 0.3) is 0 Å². The number of carboxylic acids is 1. The average Bonchev–Trinajstić information content (AvgIpc) is 1.96. The van der Waals surface area contributed by atoms with Crippen molar-refractivity contribution in [3.05, 3.63) is 21.9 Å². The monoisotopic (exact) mass is 231 g/mol. The summed E-state index contributed by atoms with van der Waals surface area (Å²) in [6.45, 7) is 1.56. The van der Waals surface area contributed by atoms with Crippen LogP contribution in [0.4, 0.5) is 0 Å². The summed E-state index contributed by atoms with van der Waals surface area (Å²) in [5, 5.41) is 17.7. The van der Waals surface area contributed by atoms with Crippen molar-refractivity contribution in [1.82, 2.24) is 4.98 Å². The van der Waals surface area contributed by atoms with E-state index in [4.69, 9.17) is 10.2 Å². The molecule has 0 aliphatic heterocycles. The summed E-state index contributed by atoms with van der Waals surface area (Å²) in [5.41, 5.74) is 0.378. The Kier molecular flexibility index (Phi) is 2.32. The lowest BCUT2D eigenvalue weighted by atomic mass is 10.2. The van der Waals surface area contributed by atoms with Crippen LogP contribution >= 0.6 is 15.9 Å². The molecule has 5 heteroatoms. The smallest absolute Gasteiger partial charge is 0.337 e. The first kappa shape index (κ1) is 8.99. The maximum atomic E-state index is 10.5. The molecule has 0 amide bonds. The van der Waals surface area contributed by atoms with Crippen LogP contribution in [0.2, 0.25) is 0 Å². The number of rotatable bonds is 1. The van der Waals surface area contributed by atoms with Crippen molar-refractivity contribution in [2.24, 2.45) is 0 Å². The third-order valence-electron chi connectivity index (χ3n) is 1.38. The zero-order valence-electron chi connectivity index (χ0n) is 6.21. The third-order valence-corrected chi connectivity index (χ3v) is 1.96. The number of nitrogens with zero attached hydrogens (tertiary/aromatic N) is 1. The molecule has 64 valence electrons. The van der Waals surface area contributed by atoms with Gasteiger partial charge in [-0.25, -0.2) is 9.78 Å². The Labute approximate surface area is 77.0 Å². The highest BCUT2D eigenvalue weighted by Gasteiger charge is 2.11. The van der Waals surface area contributed by atoms with Crippen molar-refractivity contribution < 1.29 is 15.0 Å². The van der Waals surface area contributed by atoms with Crippen LogP contribution in [0, 0.1) is 6.92 Å². The van der Waals surface area contributed by atoms with E-state index in [0.29, 0.717) is 5.69 Å². The number of aromatic carboxylic acids is 1. The van der Waals surface area contributed by atoms with Gasteiger partial charge in [-0.1, -0.05) is 0 Å². The van der Waals surface area contributed by atoms with Gasteiger partial charge in [0.25, 0.3) is 0 Å². The van der Waals surface area contributed by atoms with Gasteiger partial charge in [-0.05, 0) is 28.9 Å². The lowest BCUT2D eigenvalue weighted by Crippen LogP contribution is -2.01. The summed E-state index contributed by atoms with van der Waals surface area (Å²) in [7, 11) is 0. The van der Waals surface area contributed by atoms with Crippen LogP contribution in [0.3, 0.4) is 0 Å². The van der Waals surface area contributed by atoms with Crippen molar-refractivity contribution in [1.29, 1.82) is 0 Å². The van der Waals surface area contributed by atoms with Crippen LogP contribution in [-0.4, -0.2) is 21.2 Å². The van der Waals surface area contributed by atoms with Crippen LogP contribution in [-0.2, 0) is 0 Å². The van der Waals surface area contributed by atoms with Gasteiger partial charge in [-0.15, -0.1) is 0 Å². The molecule has 1 heterocycles. The quantitative estimate of drug-likeness (QED) is 0.720. The van der Waals surface area contributed by atoms with Gasteiger partial charge in [0.2, 0.25) is 0 Å². The minimum atomic E-state index is -1.09. The molecule has 0 fully saturated rings. The van der Waals surface area contributed by atoms with Gasteiger partial charge in [-0.3, -0.25) is 0 Å². The van der Waals surface area contributed by atoms with Crippen LogP contribution in [0.15, 0.2) is 10.7 Å². The predicted octanol–water partition coefficient (Wildman–Crippen LogP) is 1.56. The number of carboxylic acid groups (broad SMARTS) is 1. The number of hydrogen-bond acceptors (Lipinski definition) is 3. The van der Waals surface area contributed by atoms with Gasteiger partial charge in [0.1, 0.15) is 10.4 Å². The van der Waals surface area contributed by atoms with Crippen molar-refractivity contribution in [2.45, 2.75) is 6.92 Å². The molecule has 2 N–H and O–H groups in total. The van der Waals surface area contributed by atoms with E-state index in [1.165, 1.54) is 0 Å². The lowest BCUT2D eigenvalue weighted by molar-refractivity contribution is 0.0695. The van der Waals surface area contributed by atoms with E-state index in [1.807, 2.05) is 0 Å². The Balaban J connectivity index is 3.33. The Hall–Kier alpha value is -1.10. The molecule has 0 bridgehead atoms. The van der Waals surface area contributed by atoms with Gasteiger partial charge in [0.15, 0.2) is 0 Å². The molecule has 0 aliphatic carbocycles. The molecule has 0 saturated carbocycles. The summed E-state index contributed by atoms with van der Waals surface area (Å²) in [6.07, 6.45) is 0. The first-order chi connectivity index (χ1) is 5.52. The van der Waals surface area contributed by atoms with Gasteiger partial charge < -0.3 is 10.2 Å². The number of aryl methyl sites for hydroxylation is 1. The fraction of sp³-hybridized carbons (Fsp3) is 0.143. The molecule has 1 aromatic heterocycles. The van der Waals surface area contributed by atoms with Crippen LogP contribution in [0.1, 0.15) is 16.1 Å². The molecule has 0 aromatic carbocycles. The normalized spacial score (nSPS) is 9.83. The number of carbonyl (C=O) groups is 1. The topological polar surface area (TPSA) is 70.4 Å². The van der Waals surface area contributed by atoms with E-state index >= 15 is 0 Å². The number of pyridine rings is 1. The summed E-state index contributed by atoms with van der Waals surface area (Å²) < 4.78 is 0.255. The summed E-state index contributed by atoms with van der Waals surface area (Å²) in [6, 6.07) is 1.16. The second-order valence-corrected chi connectivity index (χ2v) is 2.99. The molecule has 0 aliphatic rings. The highest BCUT2D eigenvalue weighted by Crippen LogP contribution is 2.23. The molecule has 0 radical (unpaired) electrons. The standard InChI is InChI=1S/C7H6BrNO3/c1-3-4(7(11)12)2-5(10)6(8)9-3/h2,10H,1H3,(H,11,12). The number of hydrogen-bond donors (Lipinski definition) is 2. The second kappa shape index (κ2) is 3.10. The maximum absolute atomic E-state index is 10.5. The highest BCUT2D eigenvalue weighted by molar-refractivity contribution is 9.10. The van der Waals surface area contributed by atoms with E-state index in [0.717, 1.165) is 6.07 Å². The first-order valence-corrected chi connectivity index (χ1v) is 3.91. The molecule has 12 heavy (non-hydrogen) atoms. The molecule has 0 unspecified atom stereocenters. The van der Waals surface area contributed by atoms with Crippen molar-refractivity contribution in [2.75, 3.05) is 0 Å². The molecule has 0 atom stereocenters. The van der Waals surface area contributed by atoms with Gasteiger partial charge in [0, 0.05) is 0 Å². The van der Waals surface area contributed by atoms with Crippen molar-refractivity contribution in [3.8, 4) is 5.75 Å². The maximum Gasteiger partial charge on any atom is 0.337 e. The SMILES string of the molecule is Cc1nc(Br)c(O)cc1C(=O)O. The number of aromatic nitrogens is 1. The predicted molar refractivity (Wildman–Crippen MR) is 45.3 cm³/mol. The minimum Gasteiger partial charge on any atom is -0.505 e. The third kappa shape index (κ3) is 1.55. The summed E-state index contributed by atoms with van der Waals surface area (Å²) in [4.78, 5) is 14.3. The zero-order valence-corrected chi connectivity index (χ0v) is 7.79. The number of halogens is 1. The molecule has 1 rings (SSSR count). The van der Waals surface area contributed by atoms with Crippen LogP contribution in [0.5, 0.6) is 5.75 Å². The fourth-order valence-corrected chi connectivity index (χ4v) is 1.16. The Morgan fingerprint density at radius 2 is 2.25 bits per heavy atom. The average molecular weight is 232 g/mol. The van der Waals surface area contributed by atoms with Crippen LogP contribution < -0.4 is 0 Å². The van der Waals surface area contributed by atoms with E-state index in [2.05, 4.69) is 20.9 Å². The molecule has 1 aromatic rings. The van der Waals surface area contributed by atoms with Crippen molar-refractivity contribution in [3.63, 3.8) is 0 Å². The summed E-state index contributed by atoms with van der Waals surface area (Å²) in [5.74, 6) is -1.26. The lowest BCUT2D eigenvalue weighted by Gasteiger charge is -2.01. The first-order valence-electron chi connectivity index (χ1n) is 3.11. The Morgan fingerprint density at radius 1 is 1.67 bits per heavy atom. The highest BCUT2D eigenvalue weighted by atomic mass is 79.9. The minimum absolute atomic E-state index is 0.00991. The van der Waals surface area contributed by atoms with E-state index < -0.39 is 5.97 Å². The van der Waals surface area contributed by atoms with Gasteiger partial charge in [0.05, 0.1) is 11.3 Å². The molecular formula is C7H6BrNO3. The van der Waals surface area contributed by atoms with E-state index in [1.54, 1.807) is 6.92 Å². The second-order valence-electron chi connectivity index (χ2n) is 2.24. The van der Waals surface area contributed by atoms with Crippen molar-refractivity contribution >= 4 is 21.9 Å². The van der Waals surface area contributed by atoms with E-state index in [-0.39, 0.29) is 15.9 Å². The van der Waals surface area contributed by atoms with Gasteiger partial charge in [-0.2, -0.15) is 0 Å². The molecule has 0 spiro atoms. The Morgan fingerprint density at radius 3 is 2.75 bits per heavy atom. The molecule has 0 saturated heterocycles. The largest absolute Gasteiger partial charge is 0.505 e.